The normalized spacial score (nSPS) is 11.5. The fraction of sp³-hybridized carbons (Fsp3) is 0.385. The summed E-state index contributed by atoms with van der Waals surface area (Å²) < 4.78 is 0. The van der Waals surface area contributed by atoms with Gasteiger partial charge in [-0.2, -0.15) is 0 Å². The monoisotopic (exact) mass is 189 g/mol. The molecule has 0 fully saturated rings. The van der Waals surface area contributed by atoms with Gasteiger partial charge in [0, 0.05) is 18.8 Å². The van der Waals surface area contributed by atoms with Crippen LogP contribution in [-0.4, -0.2) is 18.0 Å². The van der Waals surface area contributed by atoms with Crippen molar-refractivity contribution in [3.63, 3.8) is 0 Å². The van der Waals surface area contributed by atoms with Gasteiger partial charge >= 0.3 is 0 Å². The van der Waals surface area contributed by atoms with Crippen molar-refractivity contribution in [3.05, 3.63) is 41.6 Å². The van der Waals surface area contributed by atoms with Crippen molar-refractivity contribution in [2.24, 2.45) is 0 Å². The molecule has 0 radical (unpaired) electrons. The van der Waals surface area contributed by atoms with Gasteiger partial charge in [0.2, 0.25) is 0 Å². The first-order chi connectivity index (χ1) is 6.77. The Morgan fingerprint density at radius 3 is 2.21 bits per heavy atom. The minimum atomic E-state index is 1.08. The first-order valence-electron chi connectivity index (χ1n) is 5.26. The Labute approximate surface area is 87.1 Å². The van der Waals surface area contributed by atoms with Crippen molar-refractivity contribution >= 4 is 6.08 Å². The van der Waals surface area contributed by atoms with Crippen LogP contribution in [0.25, 0.3) is 6.08 Å². The summed E-state index contributed by atoms with van der Waals surface area (Å²) in [7, 11) is 0. The lowest BCUT2D eigenvalue weighted by molar-refractivity contribution is 0.387. The van der Waals surface area contributed by atoms with Crippen LogP contribution in [0, 0.1) is 0 Å². The summed E-state index contributed by atoms with van der Waals surface area (Å²) in [6.45, 7) is 8.69. The first-order valence-corrected chi connectivity index (χ1v) is 5.26. The van der Waals surface area contributed by atoms with Crippen molar-refractivity contribution in [1.82, 2.24) is 4.90 Å². The predicted molar refractivity (Wildman–Crippen MR) is 63.0 cm³/mol. The van der Waals surface area contributed by atoms with E-state index in [1.807, 2.05) is 6.07 Å². The third kappa shape index (κ3) is 2.91. The number of rotatable bonds is 4. The van der Waals surface area contributed by atoms with Crippen LogP contribution in [0.5, 0.6) is 0 Å². The van der Waals surface area contributed by atoms with E-state index >= 15 is 0 Å². The van der Waals surface area contributed by atoms with E-state index in [4.69, 9.17) is 0 Å². The van der Waals surface area contributed by atoms with Crippen molar-refractivity contribution < 1.29 is 0 Å². The van der Waals surface area contributed by atoms with E-state index in [1.54, 1.807) is 0 Å². The largest absolute Gasteiger partial charge is 0.376 e. The fourth-order valence-corrected chi connectivity index (χ4v) is 1.60. The number of benzene rings is 1. The number of hydrogen-bond acceptors (Lipinski definition) is 1. The van der Waals surface area contributed by atoms with Gasteiger partial charge in [-0.3, -0.25) is 0 Å². The zero-order valence-corrected chi connectivity index (χ0v) is 9.33. The average molecular weight is 189 g/mol. The Hall–Kier alpha value is -1.24. The summed E-state index contributed by atoms with van der Waals surface area (Å²) in [5.74, 6) is 0. The fourth-order valence-electron chi connectivity index (χ4n) is 1.60. The van der Waals surface area contributed by atoms with Crippen LogP contribution in [-0.2, 0) is 0 Å². The van der Waals surface area contributed by atoms with Gasteiger partial charge in [0.15, 0.2) is 0 Å². The molecular formula is C13H19N. The van der Waals surface area contributed by atoms with Crippen LogP contribution in [0.4, 0.5) is 0 Å². The third-order valence-electron chi connectivity index (χ3n) is 2.44. The molecule has 1 rings (SSSR count). The maximum Gasteiger partial charge on any atom is 0.0146 e. The maximum absolute atomic E-state index is 2.35. The SMILES string of the molecule is CCN(CC)/C(C)=C/c1ccccc1. The molecule has 0 saturated carbocycles. The van der Waals surface area contributed by atoms with Gasteiger partial charge in [0.1, 0.15) is 0 Å². The van der Waals surface area contributed by atoms with Crippen molar-refractivity contribution in [2.75, 3.05) is 13.1 Å². The quantitative estimate of drug-likeness (QED) is 0.701. The second kappa shape index (κ2) is 5.48. The summed E-state index contributed by atoms with van der Waals surface area (Å²) in [6.07, 6.45) is 2.23. The molecule has 0 heterocycles. The molecule has 0 amide bonds. The van der Waals surface area contributed by atoms with Crippen LogP contribution in [0.15, 0.2) is 36.0 Å². The molecule has 0 aliphatic carbocycles. The summed E-state index contributed by atoms with van der Waals surface area (Å²) in [6, 6.07) is 10.5. The van der Waals surface area contributed by atoms with E-state index < -0.39 is 0 Å². The van der Waals surface area contributed by atoms with E-state index in [9.17, 15) is 0 Å². The molecule has 0 unspecified atom stereocenters. The molecule has 1 aromatic rings. The smallest absolute Gasteiger partial charge is 0.0146 e. The van der Waals surface area contributed by atoms with E-state index in [0.717, 1.165) is 13.1 Å². The molecule has 0 aliphatic rings. The van der Waals surface area contributed by atoms with Gasteiger partial charge in [0.25, 0.3) is 0 Å². The van der Waals surface area contributed by atoms with Crippen LogP contribution < -0.4 is 0 Å². The first kappa shape index (κ1) is 10.8. The summed E-state index contributed by atoms with van der Waals surface area (Å²) in [5, 5.41) is 0. The summed E-state index contributed by atoms with van der Waals surface area (Å²) in [4.78, 5) is 2.35. The standard InChI is InChI=1S/C13H19N/c1-4-14(5-2)12(3)11-13-9-7-6-8-10-13/h6-11H,4-5H2,1-3H3/b12-11+. The Bertz CT molecular complexity index is 283. The highest BCUT2D eigenvalue weighted by molar-refractivity contribution is 5.51. The lowest BCUT2D eigenvalue weighted by atomic mass is 10.2. The third-order valence-corrected chi connectivity index (χ3v) is 2.44. The van der Waals surface area contributed by atoms with E-state index in [1.165, 1.54) is 11.3 Å². The van der Waals surface area contributed by atoms with Gasteiger partial charge in [-0.1, -0.05) is 30.3 Å². The molecule has 0 N–H and O–H groups in total. The molecule has 0 bridgehead atoms. The van der Waals surface area contributed by atoms with E-state index in [-0.39, 0.29) is 0 Å². The topological polar surface area (TPSA) is 3.24 Å². The molecule has 14 heavy (non-hydrogen) atoms. The second-order valence-corrected chi connectivity index (χ2v) is 3.37. The number of nitrogens with zero attached hydrogens (tertiary/aromatic N) is 1. The Morgan fingerprint density at radius 2 is 1.71 bits per heavy atom. The molecule has 1 heteroatoms. The molecule has 0 aliphatic heterocycles. The highest BCUT2D eigenvalue weighted by atomic mass is 15.1. The highest BCUT2D eigenvalue weighted by Gasteiger charge is 1.98. The zero-order valence-electron chi connectivity index (χ0n) is 9.33. The molecule has 0 atom stereocenters. The lowest BCUT2D eigenvalue weighted by Crippen LogP contribution is -2.20. The average Bonchev–Trinajstić information content (AvgIpc) is 2.21. The van der Waals surface area contributed by atoms with Crippen LogP contribution >= 0.6 is 0 Å². The molecule has 0 aromatic heterocycles. The van der Waals surface area contributed by atoms with E-state index in [2.05, 4.69) is 56.0 Å². The minimum absolute atomic E-state index is 1.08. The molecular weight excluding hydrogens is 170 g/mol. The Balaban J connectivity index is 2.77. The predicted octanol–water partition coefficient (Wildman–Crippen LogP) is 3.39. The molecule has 1 nitrogen and oxygen atoms in total. The lowest BCUT2D eigenvalue weighted by Gasteiger charge is -2.21. The van der Waals surface area contributed by atoms with Gasteiger partial charge in [-0.25, -0.2) is 0 Å². The number of hydrogen-bond donors (Lipinski definition) is 0. The van der Waals surface area contributed by atoms with Crippen LogP contribution in [0.3, 0.4) is 0 Å². The van der Waals surface area contributed by atoms with Gasteiger partial charge < -0.3 is 4.90 Å². The molecule has 76 valence electrons. The zero-order chi connectivity index (χ0) is 10.4. The van der Waals surface area contributed by atoms with Crippen molar-refractivity contribution in [3.8, 4) is 0 Å². The number of allylic oxidation sites excluding steroid dienone is 1. The van der Waals surface area contributed by atoms with Gasteiger partial charge in [-0.15, -0.1) is 0 Å². The Morgan fingerprint density at radius 1 is 1.14 bits per heavy atom. The van der Waals surface area contributed by atoms with E-state index in [0.29, 0.717) is 0 Å². The van der Waals surface area contributed by atoms with Crippen LogP contribution in [0.1, 0.15) is 26.3 Å². The van der Waals surface area contributed by atoms with Crippen molar-refractivity contribution in [2.45, 2.75) is 20.8 Å². The van der Waals surface area contributed by atoms with Gasteiger partial charge in [-0.05, 0) is 32.4 Å². The van der Waals surface area contributed by atoms with Gasteiger partial charge in [0.05, 0.1) is 0 Å². The minimum Gasteiger partial charge on any atom is -0.376 e. The highest BCUT2D eigenvalue weighted by Crippen LogP contribution is 2.09. The Kier molecular flexibility index (Phi) is 4.24. The molecule has 0 saturated heterocycles. The maximum atomic E-state index is 2.35. The van der Waals surface area contributed by atoms with Crippen molar-refractivity contribution in [1.29, 1.82) is 0 Å². The summed E-state index contributed by atoms with van der Waals surface area (Å²) in [5.41, 5.74) is 2.61. The second-order valence-electron chi connectivity index (χ2n) is 3.37. The summed E-state index contributed by atoms with van der Waals surface area (Å²) >= 11 is 0. The van der Waals surface area contributed by atoms with Crippen LogP contribution in [0.2, 0.25) is 0 Å². The molecule has 1 aromatic carbocycles. The molecule has 0 spiro atoms.